The van der Waals surface area contributed by atoms with Crippen LogP contribution in [0, 0.1) is 5.92 Å². The van der Waals surface area contributed by atoms with E-state index in [9.17, 15) is 4.79 Å². The molecule has 2 aromatic rings. The molecule has 0 spiro atoms. The average Bonchev–Trinajstić information content (AvgIpc) is 2.90. The zero-order valence-electron chi connectivity index (χ0n) is 14.0. The quantitative estimate of drug-likeness (QED) is 0.851. The molecular formula is C17H22N6O2. The van der Waals surface area contributed by atoms with Crippen LogP contribution in [-0.4, -0.2) is 56.5 Å². The molecule has 8 nitrogen and oxygen atoms in total. The molecule has 2 aromatic heterocycles. The summed E-state index contributed by atoms with van der Waals surface area (Å²) in [5.74, 6) is 0.365. The lowest BCUT2D eigenvalue weighted by atomic mass is 9.95. The van der Waals surface area contributed by atoms with Crippen molar-refractivity contribution in [3.63, 3.8) is 0 Å². The SMILES string of the molecule is NC(=O)c1noc(CN2C[C@@H]3CC[C@H](C2)N(Cc2ccccn2)C3)n1. The fourth-order valence-corrected chi connectivity index (χ4v) is 3.91. The summed E-state index contributed by atoms with van der Waals surface area (Å²) in [5, 5.41) is 3.62. The molecule has 0 unspecified atom stereocenters. The molecule has 132 valence electrons. The van der Waals surface area contributed by atoms with Crippen molar-refractivity contribution in [2.45, 2.75) is 32.0 Å². The Kier molecular flexibility index (Phi) is 4.46. The van der Waals surface area contributed by atoms with Crippen LogP contribution in [0.2, 0.25) is 0 Å². The third-order valence-electron chi connectivity index (χ3n) is 5.04. The molecule has 5 rings (SSSR count). The van der Waals surface area contributed by atoms with E-state index in [2.05, 4.69) is 31.0 Å². The first kappa shape index (κ1) is 16.2. The summed E-state index contributed by atoms with van der Waals surface area (Å²) in [6.45, 7) is 4.50. The Bertz CT molecular complexity index is 734. The first-order chi connectivity index (χ1) is 12.2. The molecule has 2 atom stereocenters. The van der Waals surface area contributed by atoms with Crippen molar-refractivity contribution in [3.8, 4) is 0 Å². The number of rotatable bonds is 5. The molecule has 3 fully saturated rings. The summed E-state index contributed by atoms with van der Waals surface area (Å²) in [4.78, 5) is 24.5. The van der Waals surface area contributed by atoms with Gasteiger partial charge in [0.15, 0.2) is 0 Å². The van der Waals surface area contributed by atoms with Gasteiger partial charge < -0.3 is 10.3 Å². The number of fused-ring (bicyclic) bond motifs is 4. The maximum absolute atomic E-state index is 11.1. The van der Waals surface area contributed by atoms with Crippen molar-refractivity contribution in [2.24, 2.45) is 11.7 Å². The van der Waals surface area contributed by atoms with E-state index in [0.717, 1.165) is 31.9 Å². The fraction of sp³-hybridized carbons (Fsp3) is 0.529. The lowest BCUT2D eigenvalue weighted by Crippen LogP contribution is -2.43. The highest BCUT2D eigenvalue weighted by Crippen LogP contribution is 2.29. The van der Waals surface area contributed by atoms with Crippen LogP contribution in [-0.2, 0) is 13.1 Å². The van der Waals surface area contributed by atoms with Gasteiger partial charge in [-0.25, -0.2) is 0 Å². The monoisotopic (exact) mass is 342 g/mol. The third-order valence-corrected chi connectivity index (χ3v) is 5.04. The van der Waals surface area contributed by atoms with Gasteiger partial charge in [-0.05, 0) is 30.9 Å². The highest BCUT2D eigenvalue weighted by molar-refractivity contribution is 5.88. The second kappa shape index (κ2) is 6.89. The van der Waals surface area contributed by atoms with Gasteiger partial charge in [0, 0.05) is 38.4 Å². The van der Waals surface area contributed by atoms with E-state index < -0.39 is 5.91 Å². The molecule has 0 aromatic carbocycles. The molecule has 3 aliphatic heterocycles. The highest BCUT2D eigenvalue weighted by atomic mass is 16.5. The van der Waals surface area contributed by atoms with Crippen molar-refractivity contribution in [1.82, 2.24) is 24.9 Å². The number of primary amides is 1. The summed E-state index contributed by atoms with van der Waals surface area (Å²) in [6, 6.07) is 6.57. The van der Waals surface area contributed by atoms with E-state index in [4.69, 9.17) is 10.3 Å². The first-order valence-electron chi connectivity index (χ1n) is 8.66. The number of pyridine rings is 1. The minimum absolute atomic E-state index is 0.0513. The van der Waals surface area contributed by atoms with Gasteiger partial charge in [-0.15, -0.1) is 0 Å². The Morgan fingerprint density at radius 3 is 2.92 bits per heavy atom. The highest BCUT2D eigenvalue weighted by Gasteiger charge is 2.35. The molecule has 5 heterocycles. The standard InChI is InChI=1S/C17H22N6O2/c18-16(24)17-20-15(25-21-17)11-22-7-12-4-5-14(10-22)23(8-12)9-13-3-1-2-6-19-13/h1-3,6,12,14H,4-5,7-11H2,(H2,18,24)/t12-,14+/m0/s1. The van der Waals surface area contributed by atoms with Crippen molar-refractivity contribution in [2.75, 3.05) is 19.6 Å². The van der Waals surface area contributed by atoms with E-state index in [1.807, 2.05) is 18.3 Å². The lowest BCUT2D eigenvalue weighted by molar-refractivity contribution is 0.0987. The molecule has 0 radical (unpaired) electrons. The number of hydrogen-bond donors (Lipinski definition) is 1. The molecule has 0 saturated carbocycles. The normalized spacial score (nSPS) is 24.3. The Hall–Kier alpha value is -2.32. The van der Waals surface area contributed by atoms with Crippen LogP contribution < -0.4 is 5.73 Å². The maximum Gasteiger partial charge on any atom is 0.290 e. The summed E-state index contributed by atoms with van der Waals surface area (Å²) >= 11 is 0. The van der Waals surface area contributed by atoms with Crippen molar-refractivity contribution < 1.29 is 9.32 Å². The molecule has 8 heteroatoms. The summed E-state index contributed by atoms with van der Waals surface area (Å²) in [5.41, 5.74) is 6.30. The van der Waals surface area contributed by atoms with Gasteiger partial charge in [0.25, 0.3) is 11.7 Å². The largest absolute Gasteiger partial charge is 0.363 e. The van der Waals surface area contributed by atoms with E-state index in [1.54, 1.807) is 0 Å². The summed E-state index contributed by atoms with van der Waals surface area (Å²) in [6.07, 6.45) is 4.30. The number of nitrogens with zero attached hydrogens (tertiary/aromatic N) is 5. The fourth-order valence-electron chi connectivity index (χ4n) is 3.91. The smallest absolute Gasteiger partial charge is 0.290 e. The predicted octanol–water partition coefficient (Wildman–Crippen LogP) is 0.660. The number of carbonyl (C=O) groups is 1. The van der Waals surface area contributed by atoms with Gasteiger partial charge in [-0.3, -0.25) is 19.6 Å². The molecule has 1 amide bonds. The van der Waals surface area contributed by atoms with Gasteiger partial charge in [-0.2, -0.15) is 4.98 Å². The zero-order chi connectivity index (χ0) is 17.2. The number of carbonyl (C=O) groups excluding carboxylic acids is 1. The summed E-state index contributed by atoms with van der Waals surface area (Å²) in [7, 11) is 0. The van der Waals surface area contributed by atoms with Crippen LogP contribution in [0.25, 0.3) is 0 Å². The van der Waals surface area contributed by atoms with E-state index in [1.165, 1.54) is 12.8 Å². The van der Waals surface area contributed by atoms with E-state index in [0.29, 0.717) is 24.4 Å². The Balaban J connectivity index is 1.42. The third kappa shape index (κ3) is 3.69. The van der Waals surface area contributed by atoms with Gasteiger partial charge in [0.05, 0.1) is 12.2 Å². The molecule has 0 aliphatic carbocycles. The summed E-state index contributed by atoms with van der Waals surface area (Å²) < 4.78 is 5.16. The Labute approximate surface area is 146 Å². The van der Waals surface area contributed by atoms with Gasteiger partial charge in [-0.1, -0.05) is 11.2 Å². The number of amides is 1. The molecule has 3 saturated heterocycles. The van der Waals surface area contributed by atoms with Crippen LogP contribution >= 0.6 is 0 Å². The van der Waals surface area contributed by atoms with Crippen molar-refractivity contribution >= 4 is 5.91 Å². The molecule has 2 bridgehead atoms. The minimum atomic E-state index is -0.660. The molecule has 2 N–H and O–H groups in total. The average molecular weight is 342 g/mol. The number of aromatic nitrogens is 3. The second-order valence-corrected chi connectivity index (χ2v) is 6.92. The van der Waals surface area contributed by atoms with E-state index >= 15 is 0 Å². The van der Waals surface area contributed by atoms with E-state index in [-0.39, 0.29) is 5.82 Å². The van der Waals surface area contributed by atoms with Crippen LogP contribution in [0.3, 0.4) is 0 Å². The van der Waals surface area contributed by atoms with Crippen molar-refractivity contribution in [3.05, 3.63) is 41.8 Å². The van der Waals surface area contributed by atoms with Crippen LogP contribution in [0.15, 0.2) is 28.9 Å². The number of hydrogen-bond acceptors (Lipinski definition) is 7. The maximum atomic E-state index is 11.1. The van der Waals surface area contributed by atoms with Gasteiger partial charge >= 0.3 is 0 Å². The molecule has 25 heavy (non-hydrogen) atoms. The van der Waals surface area contributed by atoms with Crippen molar-refractivity contribution in [1.29, 1.82) is 0 Å². The molecular weight excluding hydrogens is 320 g/mol. The number of nitrogens with two attached hydrogens (primary N) is 1. The first-order valence-corrected chi connectivity index (χ1v) is 8.66. The molecule has 3 aliphatic rings. The topological polar surface area (TPSA) is 101 Å². The predicted molar refractivity (Wildman–Crippen MR) is 89.3 cm³/mol. The second-order valence-electron chi connectivity index (χ2n) is 6.92. The Morgan fingerprint density at radius 2 is 2.16 bits per heavy atom. The van der Waals surface area contributed by atoms with Crippen LogP contribution in [0.4, 0.5) is 0 Å². The van der Waals surface area contributed by atoms with Crippen LogP contribution in [0.1, 0.15) is 35.0 Å². The van der Waals surface area contributed by atoms with Crippen LogP contribution in [0.5, 0.6) is 0 Å². The Morgan fingerprint density at radius 1 is 1.24 bits per heavy atom. The zero-order valence-corrected chi connectivity index (χ0v) is 14.0. The van der Waals surface area contributed by atoms with Gasteiger partial charge in [0.2, 0.25) is 5.89 Å². The minimum Gasteiger partial charge on any atom is -0.363 e. The number of piperidine rings is 1. The lowest BCUT2D eigenvalue weighted by Gasteiger charge is -2.35. The van der Waals surface area contributed by atoms with Gasteiger partial charge in [0.1, 0.15) is 0 Å².